The van der Waals surface area contributed by atoms with Crippen LogP contribution >= 0.6 is 0 Å². The fraction of sp³-hybridized carbons (Fsp3) is 0.211. The number of esters is 1. The summed E-state index contributed by atoms with van der Waals surface area (Å²) in [6, 6.07) is 9.64. The minimum absolute atomic E-state index is 0.117. The molecule has 0 fully saturated rings. The first kappa shape index (κ1) is 19.9. The Morgan fingerprint density at radius 1 is 1.15 bits per heavy atom. The Morgan fingerprint density at radius 3 is 2.48 bits per heavy atom. The summed E-state index contributed by atoms with van der Waals surface area (Å²) in [6.07, 6.45) is 0. The van der Waals surface area contributed by atoms with Gasteiger partial charge in [0.05, 0.1) is 23.4 Å². The van der Waals surface area contributed by atoms with Gasteiger partial charge in [0.2, 0.25) is 0 Å². The molecule has 142 valence electrons. The summed E-state index contributed by atoms with van der Waals surface area (Å²) in [5.74, 6) is -3.10. The van der Waals surface area contributed by atoms with E-state index in [1.807, 2.05) is 0 Å². The van der Waals surface area contributed by atoms with Crippen LogP contribution in [0.5, 0.6) is 0 Å². The number of carboxylic acids is 1. The Balaban J connectivity index is 2.24. The third-order valence-corrected chi connectivity index (χ3v) is 3.69. The zero-order valence-electron chi connectivity index (χ0n) is 14.9. The van der Waals surface area contributed by atoms with Crippen LogP contribution in [-0.2, 0) is 9.53 Å². The molecule has 0 heterocycles. The molecule has 0 aromatic heterocycles. The first-order chi connectivity index (χ1) is 12.8. The van der Waals surface area contributed by atoms with E-state index in [2.05, 4.69) is 5.32 Å². The third kappa shape index (κ3) is 5.04. The third-order valence-electron chi connectivity index (χ3n) is 3.69. The van der Waals surface area contributed by atoms with Gasteiger partial charge in [0.1, 0.15) is 12.4 Å². The first-order valence-electron chi connectivity index (χ1n) is 8.13. The summed E-state index contributed by atoms with van der Waals surface area (Å²) in [5.41, 5.74) is 0.194. The maximum atomic E-state index is 13.7. The van der Waals surface area contributed by atoms with Gasteiger partial charge in [-0.15, -0.1) is 0 Å². The number of hydrogen-bond donors (Lipinski definition) is 2. The van der Waals surface area contributed by atoms with E-state index in [4.69, 9.17) is 4.74 Å². The Bertz CT molecular complexity index is 869. The highest BCUT2D eigenvalue weighted by atomic mass is 19.1. The van der Waals surface area contributed by atoms with Crippen molar-refractivity contribution in [2.24, 2.45) is 0 Å². The topological polar surface area (TPSA) is 95.9 Å². The lowest BCUT2D eigenvalue weighted by Crippen LogP contribution is -2.28. The standard InChI is InChI=1S/C19H19FN2O5/c1-3-27-17(23)11-22(2)16-9-8-12(10-14(16)19(25)26)21-18(24)13-6-4-5-7-15(13)20/h4-10H,3,11H2,1-2H3,(H,21,24)(H,25,26). The minimum atomic E-state index is -1.23. The van der Waals surface area contributed by atoms with Gasteiger partial charge in [-0.25, -0.2) is 9.18 Å². The summed E-state index contributed by atoms with van der Waals surface area (Å²) in [5, 5.41) is 11.9. The Labute approximate surface area is 155 Å². The van der Waals surface area contributed by atoms with Crippen molar-refractivity contribution in [3.8, 4) is 0 Å². The van der Waals surface area contributed by atoms with E-state index in [0.717, 1.165) is 6.07 Å². The number of anilines is 2. The zero-order valence-corrected chi connectivity index (χ0v) is 14.9. The monoisotopic (exact) mass is 374 g/mol. The number of benzene rings is 2. The van der Waals surface area contributed by atoms with Crippen molar-refractivity contribution < 1.29 is 28.6 Å². The van der Waals surface area contributed by atoms with E-state index >= 15 is 0 Å². The first-order valence-corrected chi connectivity index (χ1v) is 8.13. The summed E-state index contributed by atoms with van der Waals surface area (Å²) in [7, 11) is 1.55. The maximum Gasteiger partial charge on any atom is 0.337 e. The molecule has 0 radical (unpaired) electrons. The van der Waals surface area contributed by atoms with Crippen molar-refractivity contribution in [3.05, 3.63) is 59.4 Å². The number of nitrogens with one attached hydrogen (secondary N) is 1. The molecule has 2 aromatic carbocycles. The average Bonchev–Trinajstić information content (AvgIpc) is 2.61. The van der Waals surface area contributed by atoms with E-state index in [1.165, 1.54) is 41.3 Å². The number of carbonyl (C=O) groups is 3. The highest BCUT2D eigenvalue weighted by molar-refractivity contribution is 6.05. The molecule has 0 aliphatic carbocycles. The van der Waals surface area contributed by atoms with Gasteiger partial charge >= 0.3 is 11.9 Å². The highest BCUT2D eigenvalue weighted by Crippen LogP contribution is 2.24. The molecule has 7 nitrogen and oxygen atoms in total. The number of carbonyl (C=O) groups excluding carboxylic acids is 2. The van der Waals surface area contributed by atoms with Gasteiger partial charge in [0.25, 0.3) is 5.91 Å². The zero-order chi connectivity index (χ0) is 20.0. The van der Waals surface area contributed by atoms with Gasteiger partial charge in [-0.05, 0) is 37.3 Å². The second kappa shape index (κ2) is 8.79. The molecule has 1 amide bonds. The van der Waals surface area contributed by atoms with Crippen LogP contribution < -0.4 is 10.2 Å². The summed E-state index contributed by atoms with van der Waals surface area (Å²) in [6.45, 7) is 1.77. The van der Waals surface area contributed by atoms with E-state index in [0.29, 0.717) is 0 Å². The SMILES string of the molecule is CCOC(=O)CN(C)c1ccc(NC(=O)c2ccccc2F)cc1C(=O)O. The maximum absolute atomic E-state index is 13.7. The number of carboxylic acid groups (broad SMARTS) is 1. The lowest BCUT2D eigenvalue weighted by Gasteiger charge is -2.21. The highest BCUT2D eigenvalue weighted by Gasteiger charge is 2.18. The molecule has 0 saturated heterocycles. The van der Waals surface area contributed by atoms with Gasteiger partial charge < -0.3 is 20.1 Å². The van der Waals surface area contributed by atoms with Crippen LogP contribution in [-0.4, -0.2) is 43.2 Å². The molecule has 0 atom stereocenters. The van der Waals surface area contributed by atoms with Crippen LogP contribution in [0.2, 0.25) is 0 Å². The number of rotatable bonds is 7. The quantitative estimate of drug-likeness (QED) is 0.724. The fourth-order valence-corrected chi connectivity index (χ4v) is 2.45. The van der Waals surface area contributed by atoms with Crippen molar-refractivity contribution in [2.45, 2.75) is 6.92 Å². The van der Waals surface area contributed by atoms with Crippen molar-refractivity contribution in [2.75, 3.05) is 30.4 Å². The van der Waals surface area contributed by atoms with Crippen molar-refractivity contribution in [3.63, 3.8) is 0 Å². The average molecular weight is 374 g/mol. The van der Waals surface area contributed by atoms with E-state index in [-0.39, 0.29) is 35.7 Å². The van der Waals surface area contributed by atoms with Crippen molar-refractivity contribution in [1.82, 2.24) is 0 Å². The molecule has 0 spiro atoms. The summed E-state index contributed by atoms with van der Waals surface area (Å²) in [4.78, 5) is 36.8. The van der Waals surface area contributed by atoms with Crippen LogP contribution in [0.3, 0.4) is 0 Å². The number of aromatic carboxylic acids is 1. The lowest BCUT2D eigenvalue weighted by molar-refractivity contribution is -0.141. The van der Waals surface area contributed by atoms with Gasteiger partial charge in [0, 0.05) is 12.7 Å². The van der Waals surface area contributed by atoms with Gasteiger partial charge in [0.15, 0.2) is 0 Å². The Hall–Kier alpha value is -3.42. The van der Waals surface area contributed by atoms with Crippen LogP contribution in [0.15, 0.2) is 42.5 Å². The Kier molecular flexibility index (Phi) is 6.48. The number of likely N-dealkylation sites (N-methyl/N-ethyl adjacent to an activating group) is 1. The molecule has 0 saturated carbocycles. The van der Waals surface area contributed by atoms with Crippen molar-refractivity contribution >= 4 is 29.2 Å². The predicted octanol–water partition coefficient (Wildman–Crippen LogP) is 2.78. The number of ether oxygens (including phenoxy) is 1. The molecule has 27 heavy (non-hydrogen) atoms. The molecular weight excluding hydrogens is 355 g/mol. The number of hydrogen-bond acceptors (Lipinski definition) is 5. The molecule has 0 aliphatic heterocycles. The predicted molar refractivity (Wildman–Crippen MR) is 97.7 cm³/mol. The normalized spacial score (nSPS) is 10.2. The van der Waals surface area contributed by atoms with Gasteiger partial charge in [-0.2, -0.15) is 0 Å². The molecule has 0 bridgehead atoms. The number of nitrogens with zero attached hydrogens (tertiary/aromatic N) is 1. The lowest BCUT2D eigenvalue weighted by atomic mass is 10.1. The molecule has 2 rings (SSSR count). The van der Waals surface area contributed by atoms with Crippen LogP contribution in [0, 0.1) is 5.82 Å². The number of amides is 1. The fourth-order valence-electron chi connectivity index (χ4n) is 2.45. The molecule has 8 heteroatoms. The van der Waals surface area contributed by atoms with E-state index in [9.17, 15) is 23.9 Å². The summed E-state index contributed by atoms with van der Waals surface area (Å²) < 4.78 is 18.5. The van der Waals surface area contributed by atoms with Crippen LogP contribution in [0.25, 0.3) is 0 Å². The van der Waals surface area contributed by atoms with Gasteiger partial charge in [-0.3, -0.25) is 9.59 Å². The van der Waals surface area contributed by atoms with Crippen LogP contribution in [0.1, 0.15) is 27.6 Å². The largest absolute Gasteiger partial charge is 0.478 e. The molecule has 0 unspecified atom stereocenters. The molecular formula is C19H19FN2O5. The molecule has 2 N–H and O–H groups in total. The summed E-state index contributed by atoms with van der Waals surface area (Å²) >= 11 is 0. The van der Waals surface area contributed by atoms with Crippen LogP contribution in [0.4, 0.5) is 15.8 Å². The second-order valence-corrected chi connectivity index (χ2v) is 5.63. The smallest absolute Gasteiger partial charge is 0.337 e. The Morgan fingerprint density at radius 2 is 1.85 bits per heavy atom. The minimum Gasteiger partial charge on any atom is -0.478 e. The van der Waals surface area contributed by atoms with E-state index < -0.39 is 23.7 Å². The van der Waals surface area contributed by atoms with E-state index in [1.54, 1.807) is 14.0 Å². The molecule has 2 aromatic rings. The molecule has 0 aliphatic rings. The van der Waals surface area contributed by atoms with Crippen molar-refractivity contribution in [1.29, 1.82) is 0 Å². The number of halogens is 1. The second-order valence-electron chi connectivity index (χ2n) is 5.63. The van der Waals surface area contributed by atoms with Gasteiger partial charge in [-0.1, -0.05) is 12.1 Å².